The summed E-state index contributed by atoms with van der Waals surface area (Å²) >= 11 is 0. The van der Waals surface area contributed by atoms with Crippen molar-refractivity contribution in [1.82, 2.24) is 9.88 Å². The Labute approximate surface area is 204 Å². The maximum Gasteiger partial charge on any atom is 0.347 e. The molecular formula is C26H31N3O6. The summed E-state index contributed by atoms with van der Waals surface area (Å²) in [7, 11) is 4.29. The summed E-state index contributed by atoms with van der Waals surface area (Å²) in [5.41, 5.74) is 5.06. The Hall–Kier alpha value is -4.01. The van der Waals surface area contributed by atoms with E-state index in [2.05, 4.69) is 5.32 Å². The van der Waals surface area contributed by atoms with E-state index in [1.54, 1.807) is 42.5 Å². The lowest BCUT2D eigenvalue weighted by molar-refractivity contribution is -0.156. The maximum atomic E-state index is 14.0. The zero-order valence-electron chi connectivity index (χ0n) is 20.6. The summed E-state index contributed by atoms with van der Waals surface area (Å²) in [6.07, 6.45) is 1.35. The Balaban J connectivity index is 2.57. The van der Waals surface area contributed by atoms with Gasteiger partial charge < -0.3 is 29.8 Å². The number of nitrogens with zero attached hydrogens (tertiary/aromatic N) is 1. The number of amides is 2. The van der Waals surface area contributed by atoms with Crippen LogP contribution in [0, 0.1) is 6.92 Å². The van der Waals surface area contributed by atoms with Gasteiger partial charge in [-0.05, 0) is 43.2 Å². The third-order valence-corrected chi connectivity index (χ3v) is 5.90. The molecule has 0 aliphatic carbocycles. The predicted molar refractivity (Wildman–Crippen MR) is 132 cm³/mol. The molecule has 9 heteroatoms. The van der Waals surface area contributed by atoms with Gasteiger partial charge >= 0.3 is 5.97 Å². The van der Waals surface area contributed by atoms with Crippen LogP contribution in [-0.4, -0.2) is 50.2 Å². The van der Waals surface area contributed by atoms with Gasteiger partial charge in [-0.2, -0.15) is 0 Å². The number of para-hydroxylation sites is 1. The fraction of sp³-hybridized carbons (Fsp3) is 0.346. The summed E-state index contributed by atoms with van der Waals surface area (Å²) in [5.74, 6) is -2.13. The molecule has 0 aliphatic rings. The molecule has 0 saturated carbocycles. The van der Waals surface area contributed by atoms with Crippen molar-refractivity contribution in [2.45, 2.75) is 32.2 Å². The van der Waals surface area contributed by atoms with Gasteiger partial charge in [-0.15, -0.1) is 0 Å². The number of aryl methyl sites for hydroxylation is 1. The van der Waals surface area contributed by atoms with E-state index in [-0.39, 0.29) is 29.4 Å². The van der Waals surface area contributed by atoms with Crippen molar-refractivity contribution in [2.75, 3.05) is 27.9 Å². The highest BCUT2D eigenvalue weighted by atomic mass is 16.5. The molecule has 35 heavy (non-hydrogen) atoms. The standard InChI is InChI=1S/C26H31N3O6/c1-6-7-12-35-25(32)26(24(27)31,22-20(33-4)13-16(2)14-21(22)34-5)29-18-11-9-8-10-17(18)15-19(29)23(30)28-3/h8-11,13-15H,6-7,12H2,1-5H3,(H2,27,31)(H,28,30). The first-order valence-corrected chi connectivity index (χ1v) is 11.3. The molecule has 3 N–H and O–H groups in total. The number of aromatic nitrogens is 1. The van der Waals surface area contributed by atoms with Crippen molar-refractivity contribution in [3.63, 3.8) is 0 Å². The summed E-state index contributed by atoms with van der Waals surface area (Å²) < 4.78 is 18.2. The lowest BCUT2D eigenvalue weighted by atomic mass is 9.85. The summed E-state index contributed by atoms with van der Waals surface area (Å²) in [4.78, 5) is 40.7. The van der Waals surface area contributed by atoms with Crippen LogP contribution in [0.5, 0.6) is 11.5 Å². The molecule has 1 aromatic heterocycles. The highest BCUT2D eigenvalue weighted by Crippen LogP contribution is 2.44. The molecule has 3 rings (SSSR count). The Bertz CT molecular complexity index is 1240. The third-order valence-electron chi connectivity index (χ3n) is 5.90. The van der Waals surface area contributed by atoms with Crippen LogP contribution in [0.25, 0.3) is 10.9 Å². The number of unbranched alkanes of at least 4 members (excludes halogenated alkanes) is 1. The Kier molecular flexibility index (Phi) is 7.68. The van der Waals surface area contributed by atoms with Gasteiger partial charge in [0.25, 0.3) is 17.4 Å². The second kappa shape index (κ2) is 10.5. The molecule has 186 valence electrons. The molecule has 0 bridgehead atoms. The van der Waals surface area contributed by atoms with Crippen LogP contribution in [0.2, 0.25) is 0 Å². The smallest absolute Gasteiger partial charge is 0.347 e. The first kappa shape index (κ1) is 25.6. The van der Waals surface area contributed by atoms with Crippen molar-refractivity contribution in [3.05, 3.63) is 59.3 Å². The fourth-order valence-electron chi connectivity index (χ4n) is 4.26. The average Bonchev–Trinajstić information content (AvgIpc) is 3.24. The van der Waals surface area contributed by atoms with Crippen molar-refractivity contribution in [1.29, 1.82) is 0 Å². The van der Waals surface area contributed by atoms with Crippen molar-refractivity contribution in [3.8, 4) is 11.5 Å². The average molecular weight is 482 g/mol. The lowest BCUT2D eigenvalue weighted by Gasteiger charge is -2.34. The van der Waals surface area contributed by atoms with Gasteiger partial charge in [-0.25, -0.2) is 4.79 Å². The molecule has 0 spiro atoms. The lowest BCUT2D eigenvalue weighted by Crippen LogP contribution is -2.55. The maximum absolute atomic E-state index is 14.0. The molecule has 2 aromatic carbocycles. The number of nitrogens with two attached hydrogens (primary N) is 1. The third kappa shape index (κ3) is 4.29. The van der Waals surface area contributed by atoms with E-state index in [1.807, 2.05) is 13.8 Å². The van der Waals surface area contributed by atoms with E-state index in [9.17, 15) is 14.4 Å². The van der Waals surface area contributed by atoms with Gasteiger partial charge in [0.1, 0.15) is 17.2 Å². The molecule has 0 aliphatic heterocycles. The van der Waals surface area contributed by atoms with Crippen LogP contribution in [0.4, 0.5) is 0 Å². The molecule has 2 amide bonds. The van der Waals surface area contributed by atoms with Crippen LogP contribution in [0.15, 0.2) is 42.5 Å². The van der Waals surface area contributed by atoms with Crippen molar-refractivity contribution in [2.24, 2.45) is 5.73 Å². The van der Waals surface area contributed by atoms with Crippen LogP contribution in [0.3, 0.4) is 0 Å². The number of hydrogen-bond donors (Lipinski definition) is 2. The number of benzene rings is 2. The highest BCUT2D eigenvalue weighted by molar-refractivity contribution is 6.12. The first-order chi connectivity index (χ1) is 16.8. The number of ether oxygens (including phenoxy) is 3. The summed E-state index contributed by atoms with van der Waals surface area (Å²) in [6, 6.07) is 11.9. The number of nitrogens with one attached hydrogen (secondary N) is 1. The van der Waals surface area contributed by atoms with E-state index >= 15 is 0 Å². The molecule has 9 nitrogen and oxygen atoms in total. The molecular weight excluding hydrogens is 450 g/mol. The first-order valence-electron chi connectivity index (χ1n) is 11.3. The number of carbonyl (C=O) groups is 3. The number of fused-ring (bicyclic) bond motifs is 1. The number of rotatable bonds is 10. The Morgan fingerprint density at radius 1 is 1.06 bits per heavy atom. The normalized spacial score (nSPS) is 12.6. The van der Waals surface area contributed by atoms with E-state index < -0.39 is 23.3 Å². The quantitative estimate of drug-likeness (QED) is 0.261. The zero-order chi connectivity index (χ0) is 25.8. The monoisotopic (exact) mass is 481 g/mol. The molecule has 0 radical (unpaired) electrons. The SMILES string of the molecule is CCCCOC(=O)C(C(N)=O)(c1c(OC)cc(C)cc1OC)n1c(C(=O)NC)cc2ccccc21. The number of methoxy groups -OCH3 is 2. The van der Waals surface area contributed by atoms with Crippen LogP contribution in [0.1, 0.15) is 41.4 Å². The highest BCUT2D eigenvalue weighted by Gasteiger charge is 2.55. The molecule has 1 heterocycles. The minimum atomic E-state index is -2.32. The Morgan fingerprint density at radius 2 is 1.69 bits per heavy atom. The number of primary amides is 1. The molecule has 1 atom stereocenters. The molecule has 0 saturated heterocycles. The van der Waals surface area contributed by atoms with Gasteiger partial charge in [-0.1, -0.05) is 31.5 Å². The molecule has 1 unspecified atom stereocenters. The second-order valence-electron chi connectivity index (χ2n) is 8.11. The van der Waals surface area contributed by atoms with E-state index in [0.29, 0.717) is 17.3 Å². The topological polar surface area (TPSA) is 122 Å². The number of carbonyl (C=O) groups excluding carboxylic acids is 3. The van der Waals surface area contributed by atoms with Gasteiger partial charge in [-0.3, -0.25) is 9.59 Å². The van der Waals surface area contributed by atoms with E-state index in [4.69, 9.17) is 19.9 Å². The van der Waals surface area contributed by atoms with Crippen LogP contribution in [-0.2, 0) is 19.9 Å². The Morgan fingerprint density at radius 3 is 2.23 bits per heavy atom. The predicted octanol–water partition coefficient (Wildman–Crippen LogP) is 2.90. The van der Waals surface area contributed by atoms with Gasteiger partial charge in [0.15, 0.2) is 0 Å². The molecule has 0 fully saturated rings. The minimum Gasteiger partial charge on any atom is -0.496 e. The van der Waals surface area contributed by atoms with Gasteiger partial charge in [0.2, 0.25) is 0 Å². The van der Waals surface area contributed by atoms with Crippen LogP contribution >= 0.6 is 0 Å². The fourth-order valence-corrected chi connectivity index (χ4v) is 4.26. The molecule has 3 aromatic rings. The van der Waals surface area contributed by atoms with Gasteiger partial charge in [0, 0.05) is 12.4 Å². The van der Waals surface area contributed by atoms with Crippen molar-refractivity contribution >= 4 is 28.7 Å². The number of esters is 1. The van der Waals surface area contributed by atoms with Crippen molar-refractivity contribution < 1.29 is 28.6 Å². The van der Waals surface area contributed by atoms with Crippen LogP contribution < -0.4 is 20.5 Å². The zero-order valence-corrected chi connectivity index (χ0v) is 20.6. The largest absolute Gasteiger partial charge is 0.496 e. The second-order valence-corrected chi connectivity index (χ2v) is 8.11. The summed E-state index contributed by atoms with van der Waals surface area (Å²) in [6.45, 7) is 3.83. The van der Waals surface area contributed by atoms with Gasteiger partial charge in [0.05, 0.1) is 31.9 Å². The van der Waals surface area contributed by atoms with E-state index in [1.165, 1.54) is 25.8 Å². The summed E-state index contributed by atoms with van der Waals surface area (Å²) in [5, 5.41) is 3.20. The number of hydrogen-bond acceptors (Lipinski definition) is 6. The minimum absolute atomic E-state index is 0.0459. The van der Waals surface area contributed by atoms with E-state index in [0.717, 1.165) is 12.0 Å².